The van der Waals surface area contributed by atoms with Crippen molar-refractivity contribution in [3.05, 3.63) is 36.4 Å². The topological polar surface area (TPSA) is 105 Å². The van der Waals surface area contributed by atoms with Gasteiger partial charge in [0, 0.05) is 54.3 Å². The van der Waals surface area contributed by atoms with Gasteiger partial charge < -0.3 is 24.4 Å². The van der Waals surface area contributed by atoms with Crippen molar-refractivity contribution in [2.24, 2.45) is 0 Å². The highest BCUT2D eigenvalue weighted by molar-refractivity contribution is 7.80. The van der Waals surface area contributed by atoms with E-state index in [1.165, 1.54) is 4.31 Å². The van der Waals surface area contributed by atoms with Gasteiger partial charge in [0.2, 0.25) is 0 Å². The molecule has 4 rings (SSSR count). The summed E-state index contributed by atoms with van der Waals surface area (Å²) in [5.41, 5.74) is 1.22. The molecule has 10 heteroatoms. The third-order valence-electron chi connectivity index (χ3n) is 6.51. The zero-order valence-corrected chi connectivity index (χ0v) is 20.2. The van der Waals surface area contributed by atoms with E-state index in [-0.39, 0.29) is 18.2 Å². The maximum Gasteiger partial charge on any atom is 0.409 e. The number of anilines is 2. The maximum absolute atomic E-state index is 12.8. The van der Waals surface area contributed by atoms with E-state index in [1.54, 1.807) is 24.0 Å². The van der Waals surface area contributed by atoms with Gasteiger partial charge >= 0.3 is 12.1 Å². The smallest absolute Gasteiger partial charge is 0.409 e. The molecule has 9 nitrogen and oxygen atoms in total. The van der Waals surface area contributed by atoms with Gasteiger partial charge in [0.15, 0.2) is 0 Å². The van der Waals surface area contributed by atoms with Gasteiger partial charge in [0.05, 0.1) is 18.0 Å². The minimum Gasteiger partial charge on any atom is -0.755 e. The van der Waals surface area contributed by atoms with Crippen molar-refractivity contribution in [1.29, 1.82) is 0 Å². The molecule has 0 spiro atoms. The summed E-state index contributed by atoms with van der Waals surface area (Å²) in [6, 6.07) is 10.6. The molecule has 0 saturated carbocycles. The average molecular weight is 488 g/mol. The van der Waals surface area contributed by atoms with Gasteiger partial charge in [-0.05, 0) is 51.2 Å². The molecular formula is C24H31N4O5S-. The molecule has 2 saturated heterocycles. The van der Waals surface area contributed by atoms with Crippen LogP contribution in [0.4, 0.5) is 21.0 Å². The summed E-state index contributed by atoms with van der Waals surface area (Å²) in [4.78, 5) is 28.2. The molecule has 0 aromatic heterocycles. The number of carbonyl (C=O) groups excluding carboxylic acids is 2. The Morgan fingerprint density at radius 3 is 2.35 bits per heavy atom. The van der Waals surface area contributed by atoms with Crippen LogP contribution in [-0.4, -0.2) is 69.5 Å². The lowest BCUT2D eigenvalue weighted by Gasteiger charge is -2.40. The second-order valence-corrected chi connectivity index (χ2v) is 9.44. The first-order valence-corrected chi connectivity index (χ1v) is 12.9. The zero-order chi connectivity index (χ0) is 24.1. The summed E-state index contributed by atoms with van der Waals surface area (Å²) in [6.07, 6.45) is 3.81. The van der Waals surface area contributed by atoms with Gasteiger partial charge in [-0.2, -0.15) is 0 Å². The van der Waals surface area contributed by atoms with Crippen LogP contribution in [0, 0.1) is 0 Å². The molecule has 184 valence electrons. The fourth-order valence-electron chi connectivity index (χ4n) is 4.77. The van der Waals surface area contributed by atoms with E-state index >= 15 is 0 Å². The highest BCUT2D eigenvalue weighted by Gasteiger charge is 2.29. The molecule has 1 unspecified atom stereocenters. The molecule has 1 N–H and O–H groups in total. The van der Waals surface area contributed by atoms with Crippen LogP contribution in [0.15, 0.2) is 36.4 Å². The lowest BCUT2D eigenvalue weighted by atomic mass is 10.0. The molecule has 2 aliphatic heterocycles. The van der Waals surface area contributed by atoms with Gasteiger partial charge in [-0.15, -0.1) is 0 Å². The highest BCUT2D eigenvalue weighted by atomic mass is 32.2. The minimum atomic E-state index is -2.50. The fourth-order valence-corrected chi connectivity index (χ4v) is 5.55. The van der Waals surface area contributed by atoms with Crippen LogP contribution in [0.2, 0.25) is 0 Å². The number of nitrogens with zero attached hydrogens (tertiary/aromatic N) is 3. The van der Waals surface area contributed by atoms with Gasteiger partial charge in [-0.1, -0.05) is 24.3 Å². The normalized spacial score (nSPS) is 17.9. The summed E-state index contributed by atoms with van der Waals surface area (Å²) in [5, 5.41) is 4.54. The van der Waals surface area contributed by atoms with E-state index in [9.17, 15) is 18.4 Å². The van der Waals surface area contributed by atoms with Gasteiger partial charge in [0.1, 0.15) is 0 Å². The van der Waals surface area contributed by atoms with E-state index in [0.717, 1.165) is 43.1 Å². The SMILES string of the molecule is CCOC(=O)N1CCC(N(c2ccc(NC(=O)N3CCCCC3)c3ccccc23)S(=O)[O-])CC1. The molecule has 0 aliphatic carbocycles. The summed E-state index contributed by atoms with van der Waals surface area (Å²) < 4.78 is 31.2. The van der Waals surface area contributed by atoms with E-state index in [2.05, 4.69) is 5.32 Å². The molecule has 2 aromatic carbocycles. The molecule has 3 amide bonds. The number of benzene rings is 2. The number of ether oxygens (including phenoxy) is 1. The highest BCUT2D eigenvalue weighted by Crippen LogP contribution is 2.36. The van der Waals surface area contributed by atoms with Crippen LogP contribution in [0.5, 0.6) is 0 Å². The summed E-state index contributed by atoms with van der Waals surface area (Å²) in [6.45, 7) is 4.42. The Balaban J connectivity index is 1.58. The Bertz CT molecular complexity index is 1050. The number of hydrogen-bond acceptors (Lipinski definition) is 5. The Morgan fingerprint density at radius 1 is 1.03 bits per heavy atom. The Kier molecular flexibility index (Phi) is 7.89. The number of carbonyl (C=O) groups is 2. The van der Waals surface area contributed by atoms with Gasteiger partial charge in [-0.3, -0.25) is 8.51 Å². The molecule has 0 radical (unpaired) electrons. The number of piperidine rings is 2. The van der Waals surface area contributed by atoms with Crippen molar-refractivity contribution < 1.29 is 23.1 Å². The van der Waals surface area contributed by atoms with Crippen molar-refractivity contribution in [2.45, 2.75) is 45.1 Å². The molecule has 2 heterocycles. The van der Waals surface area contributed by atoms with Crippen LogP contribution in [0.3, 0.4) is 0 Å². The molecule has 2 aromatic rings. The van der Waals surface area contributed by atoms with Crippen molar-refractivity contribution in [3.63, 3.8) is 0 Å². The maximum atomic E-state index is 12.8. The first kappa shape index (κ1) is 24.3. The lowest BCUT2D eigenvalue weighted by molar-refractivity contribution is 0.0976. The molecular weight excluding hydrogens is 456 g/mol. The number of rotatable bonds is 5. The van der Waals surface area contributed by atoms with Crippen molar-refractivity contribution in [3.8, 4) is 0 Å². The summed E-state index contributed by atoms with van der Waals surface area (Å²) >= 11 is -2.50. The number of urea groups is 1. The lowest BCUT2D eigenvalue weighted by Crippen LogP contribution is -2.47. The fraction of sp³-hybridized carbons (Fsp3) is 0.500. The summed E-state index contributed by atoms with van der Waals surface area (Å²) in [5.74, 6) is 0. The molecule has 2 aliphatic rings. The van der Waals surface area contributed by atoms with Crippen LogP contribution in [0.1, 0.15) is 39.0 Å². The predicted octanol–water partition coefficient (Wildman–Crippen LogP) is 4.08. The zero-order valence-electron chi connectivity index (χ0n) is 19.4. The monoisotopic (exact) mass is 487 g/mol. The molecule has 1 atom stereocenters. The second-order valence-electron chi connectivity index (χ2n) is 8.62. The number of hydrogen-bond donors (Lipinski definition) is 1. The van der Waals surface area contributed by atoms with Crippen LogP contribution in [-0.2, 0) is 16.0 Å². The van der Waals surface area contributed by atoms with E-state index in [1.807, 2.05) is 29.2 Å². The quantitative estimate of drug-likeness (QED) is 0.640. The minimum absolute atomic E-state index is 0.131. The largest absolute Gasteiger partial charge is 0.755 e. The van der Waals surface area contributed by atoms with Crippen molar-refractivity contribution in [2.75, 3.05) is 42.4 Å². The molecule has 0 bridgehead atoms. The van der Waals surface area contributed by atoms with Crippen molar-refractivity contribution >= 4 is 45.5 Å². The first-order valence-electron chi connectivity index (χ1n) is 11.9. The Morgan fingerprint density at radius 2 is 1.71 bits per heavy atom. The number of nitrogens with one attached hydrogen (secondary N) is 1. The van der Waals surface area contributed by atoms with E-state index in [4.69, 9.17) is 4.74 Å². The summed E-state index contributed by atoms with van der Waals surface area (Å²) in [7, 11) is 0. The Hall–Kier alpha value is -2.85. The third kappa shape index (κ3) is 5.28. The average Bonchev–Trinajstić information content (AvgIpc) is 2.86. The third-order valence-corrected chi connectivity index (χ3v) is 7.32. The second kappa shape index (κ2) is 11.1. The van der Waals surface area contributed by atoms with Gasteiger partial charge in [-0.25, -0.2) is 9.59 Å². The van der Waals surface area contributed by atoms with E-state index < -0.39 is 11.3 Å². The van der Waals surface area contributed by atoms with Crippen molar-refractivity contribution in [1.82, 2.24) is 9.80 Å². The predicted molar refractivity (Wildman–Crippen MR) is 131 cm³/mol. The Labute approximate surface area is 202 Å². The van der Waals surface area contributed by atoms with Gasteiger partial charge in [0.25, 0.3) is 0 Å². The number of fused-ring (bicyclic) bond motifs is 1. The number of likely N-dealkylation sites (tertiary alicyclic amines) is 2. The van der Waals surface area contributed by atoms with Crippen LogP contribution in [0.25, 0.3) is 10.8 Å². The van der Waals surface area contributed by atoms with Crippen LogP contribution < -0.4 is 9.62 Å². The van der Waals surface area contributed by atoms with E-state index in [0.29, 0.717) is 43.9 Å². The first-order chi connectivity index (χ1) is 16.5. The molecule has 2 fully saturated rings. The standard InChI is InChI=1S/C24H32N4O5S/c1-2-33-24(30)27-16-12-18(13-17-27)28(34(31)32)22-11-10-21(19-8-4-5-9-20(19)22)25-23(29)26-14-6-3-7-15-26/h4-5,8-11,18H,2-3,6-7,12-17H2,1H3,(H,25,29)(H,31,32)/p-1. The number of amides is 3. The molecule has 34 heavy (non-hydrogen) atoms. The van der Waals surface area contributed by atoms with Crippen LogP contribution >= 0.6 is 0 Å².